The molecule has 0 spiro atoms. The summed E-state index contributed by atoms with van der Waals surface area (Å²) in [5.74, 6) is -3.01. The van der Waals surface area contributed by atoms with Gasteiger partial charge in [0.15, 0.2) is 0 Å². The predicted octanol–water partition coefficient (Wildman–Crippen LogP) is -1.21. The van der Waals surface area contributed by atoms with Gasteiger partial charge in [-0.3, -0.25) is 14.4 Å². The van der Waals surface area contributed by atoms with Crippen molar-refractivity contribution in [2.24, 2.45) is 0 Å². The van der Waals surface area contributed by atoms with E-state index in [4.69, 9.17) is 10.2 Å². The normalized spacial score (nSPS) is 17.3. The van der Waals surface area contributed by atoms with Crippen LogP contribution in [0, 0.1) is 0 Å². The quantitative estimate of drug-likeness (QED) is 0.595. The van der Waals surface area contributed by atoms with E-state index < -0.39 is 36.6 Å². The molecule has 0 aromatic heterocycles. The maximum atomic E-state index is 12.3. The standard InChI is InChI=1S/C11H17N3O6/c1-11(2)9(19)12-3-4-14(11)10(20)13(5-7(15)16)6-8(17)18/h3-6H2,1-2H3,(H,12,19)(H,15,16)(H,17,18). The van der Waals surface area contributed by atoms with Crippen LogP contribution in [0.2, 0.25) is 0 Å². The molecule has 9 nitrogen and oxygen atoms in total. The number of nitrogens with zero attached hydrogens (tertiary/aromatic N) is 2. The minimum atomic E-state index is -1.32. The number of rotatable bonds is 4. The number of aliphatic carboxylic acids is 2. The highest BCUT2D eigenvalue weighted by molar-refractivity contribution is 5.93. The highest BCUT2D eigenvalue weighted by Gasteiger charge is 2.42. The summed E-state index contributed by atoms with van der Waals surface area (Å²) in [6.45, 7) is 1.98. The van der Waals surface area contributed by atoms with Crippen molar-refractivity contribution < 1.29 is 29.4 Å². The molecule has 0 saturated carbocycles. The van der Waals surface area contributed by atoms with Crippen molar-refractivity contribution in [2.45, 2.75) is 19.4 Å². The topological polar surface area (TPSA) is 127 Å². The molecule has 0 unspecified atom stereocenters. The van der Waals surface area contributed by atoms with E-state index in [2.05, 4.69) is 5.32 Å². The summed E-state index contributed by atoms with van der Waals surface area (Å²) in [6.07, 6.45) is 0. The second-order valence-corrected chi connectivity index (χ2v) is 4.89. The number of carboxylic acids is 2. The first-order valence-corrected chi connectivity index (χ1v) is 5.94. The Hall–Kier alpha value is -2.32. The molecule has 1 saturated heterocycles. The third-order valence-corrected chi connectivity index (χ3v) is 3.01. The van der Waals surface area contributed by atoms with Crippen molar-refractivity contribution in [1.29, 1.82) is 0 Å². The van der Waals surface area contributed by atoms with Gasteiger partial charge in [0.25, 0.3) is 0 Å². The van der Waals surface area contributed by atoms with Crippen molar-refractivity contribution >= 4 is 23.9 Å². The molecule has 1 heterocycles. The Morgan fingerprint density at radius 1 is 1.25 bits per heavy atom. The van der Waals surface area contributed by atoms with Crippen LogP contribution in [0.25, 0.3) is 0 Å². The Balaban J connectivity index is 2.95. The third kappa shape index (κ3) is 3.37. The number of amides is 3. The smallest absolute Gasteiger partial charge is 0.323 e. The average Bonchev–Trinajstić information content (AvgIpc) is 2.29. The molecular weight excluding hydrogens is 270 g/mol. The molecular formula is C11H17N3O6. The van der Waals surface area contributed by atoms with Gasteiger partial charge in [0.2, 0.25) is 5.91 Å². The summed E-state index contributed by atoms with van der Waals surface area (Å²) >= 11 is 0. The number of nitrogens with one attached hydrogen (secondary N) is 1. The molecule has 0 radical (unpaired) electrons. The van der Waals surface area contributed by atoms with Gasteiger partial charge < -0.3 is 25.3 Å². The molecule has 3 amide bonds. The number of carboxylic acid groups (broad SMARTS) is 2. The molecule has 0 atom stereocenters. The fraction of sp³-hybridized carbons (Fsp3) is 0.636. The highest BCUT2D eigenvalue weighted by atomic mass is 16.4. The highest BCUT2D eigenvalue weighted by Crippen LogP contribution is 2.19. The largest absolute Gasteiger partial charge is 0.480 e. The van der Waals surface area contributed by atoms with E-state index in [1.807, 2.05) is 0 Å². The van der Waals surface area contributed by atoms with E-state index in [9.17, 15) is 19.2 Å². The van der Waals surface area contributed by atoms with Gasteiger partial charge in [-0.25, -0.2) is 4.79 Å². The molecule has 1 fully saturated rings. The lowest BCUT2D eigenvalue weighted by molar-refractivity contribution is -0.141. The van der Waals surface area contributed by atoms with Crippen molar-refractivity contribution in [3.05, 3.63) is 0 Å². The molecule has 1 aliphatic rings. The van der Waals surface area contributed by atoms with E-state index >= 15 is 0 Å². The van der Waals surface area contributed by atoms with E-state index in [1.165, 1.54) is 18.7 Å². The molecule has 3 N–H and O–H groups in total. The van der Waals surface area contributed by atoms with Crippen LogP contribution >= 0.6 is 0 Å². The lowest BCUT2D eigenvalue weighted by Crippen LogP contribution is -2.66. The maximum Gasteiger partial charge on any atom is 0.323 e. The van der Waals surface area contributed by atoms with Crippen LogP contribution in [0.3, 0.4) is 0 Å². The molecule has 1 aliphatic heterocycles. The van der Waals surface area contributed by atoms with Crippen molar-refractivity contribution in [3.8, 4) is 0 Å². The van der Waals surface area contributed by atoms with Gasteiger partial charge >= 0.3 is 18.0 Å². The van der Waals surface area contributed by atoms with Crippen LogP contribution in [-0.2, 0) is 14.4 Å². The van der Waals surface area contributed by atoms with Gasteiger partial charge in [-0.1, -0.05) is 0 Å². The molecule has 0 aromatic rings. The molecule has 0 aliphatic carbocycles. The number of piperazine rings is 1. The second kappa shape index (κ2) is 5.76. The summed E-state index contributed by atoms with van der Waals surface area (Å²) in [5, 5.41) is 20.1. The Bertz CT molecular complexity index is 431. The summed E-state index contributed by atoms with van der Waals surface area (Å²) in [6, 6.07) is -0.783. The fourth-order valence-corrected chi connectivity index (χ4v) is 1.92. The third-order valence-electron chi connectivity index (χ3n) is 3.01. The lowest BCUT2D eigenvalue weighted by atomic mass is 9.99. The zero-order valence-corrected chi connectivity index (χ0v) is 11.3. The number of urea groups is 1. The van der Waals surface area contributed by atoms with Crippen molar-refractivity contribution in [2.75, 3.05) is 26.2 Å². The van der Waals surface area contributed by atoms with Gasteiger partial charge in [-0.15, -0.1) is 0 Å². The fourth-order valence-electron chi connectivity index (χ4n) is 1.92. The Morgan fingerprint density at radius 2 is 1.75 bits per heavy atom. The first-order valence-electron chi connectivity index (χ1n) is 5.94. The minimum Gasteiger partial charge on any atom is -0.480 e. The van der Waals surface area contributed by atoms with E-state index in [1.54, 1.807) is 0 Å². The predicted molar refractivity (Wildman–Crippen MR) is 66.0 cm³/mol. The van der Waals surface area contributed by atoms with Gasteiger partial charge in [-0.2, -0.15) is 0 Å². The number of hydrogen-bond donors (Lipinski definition) is 3. The summed E-state index contributed by atoms with van der Waals surface area (Å²) in [5.41, 5.74) is -1.16. The van der Waals surface area contributed by atoms with Gasteiger partial charge in [0, 0.05) is 13.1 Å². The SMILES string of the molecule is CC1(C)C(=O)NCCN1C(=O)N(CC(=O)O)CC(=O)O. The summed E-state index contributed by atoms with van der Waals surface area (Å²) in [7, 11) is 0. The monoisotopic (exact) mass is 287 g/mol. The van der Waals surface area contributed by atoms with Crippen LogP contribution in [0.1, 0.15) is 13.8 Å². The molecule has 9 heteroatoms. The lowest BCUT2D eigenvalue weighted by Gasteiger charge is -2.42. The number of hydrogen-bond acceptors (Lipinski definition) is 4. The molecule has 20 heavy (non-hydrogen) atoms. The van der Waals surface area contributed by atoms with E-state index in [-0.39, 0.29) is 19.0 Å². The Labute approximate surface area is 115 Å². The summed E-state index contributed by atoms with van der Waals surface area (Å²) in [4.78, 5) is 47.3. The number of carbonyl (C=O) groups excluding carboxylic acids is 2. The zero-order valence-electron chi connectivity index (χ0n) is 11.3. The second-order valence-electron chi connectivity index (χ2n) is 4.89. The first kappa shape index (κ1) is 15.7. The van der Waals surface area contributed by atoms with Crippen LogP contribution in [0.5, 0.6) is 0 Å². The van der Waals surface area contributed by atoms with Crippen LogP contribution in [-0.4, -0.2) is 75.6 Å². The molecule has 0 aromatic carbocycles. The minimum absolute atomic E-state index is 0.188. The first-order chi connectivity index (χ1) is 9.16. The number of carbonyl (C=O) groups is 4. The Morgan fingerprint density at radius 3 is 2.20 bits per heavy atom. The average molecular weight is 287 g/mol. The zero-order chi connectivity index (χ0) is 15.5. The van der Waals surface area contributed by atoms with Gasteiger partial charge in [0.1, 0.15) is 18.6 Å². The van der Waals surface area contributed by atoms with Crippen LogP contribution < -0.4 is 5.32 Å². The van der Waals surface area contributed by atoms with E-state index in [0.717, 1.165) is 0 Å². The van der Waals surface area contributed by atoms with Gasteiger partial charge in [0.05, 0.1) is 0 Å². The van der Waals surface area contributed by atoms with Gasteiger partial charge in [-0.05, 0) is 13.8 Å². The Kier molecular flexibility index (Phi) is 4.53. The van der Waals surface area contributed by atoms with Crippen molar-refractivity contribution in [1.82, 2.24) is 15.1 Å². The van der Waals surface area contributed by atoms with Crippen LogP contribution in [0.4, 0.5) is 4.79 Å². The van der Waals surface area contributed by atoms with Crippen LogP contribution in [0.15, 0.2) is 0 Å². The summed E-state index contributed by atoms with van der Waals surface area (Å²) < 4.78 is 0. The van der Waals surface area contributed by atoms with Crippen molar-refractivity contribution in [3.63, 3.8) is 0 Å². The molecule has 0 bridgehead atoms. The molecule has 112 valence electrons. The molecule has 1 rings (SSSR count). The van der Waals surface area contributed by atoms with E-state index in [0.29, 0.717) is 4.90 Å². The maximum absolute atomic E-state index is 12.3.